The highest BCUT2D eigenvalue weighted by Gasteiger charge is 2.17. The Kier molecular flexibility index (Phi) is 5.86. The summed E-state index contributed by atoms with van der Waals surface area (Å²) in [6.07, 6.45) is 0.583. The van der Waals surface area contributed by atoms with Gasteiger partial charge in [0.15, 0.2) is 0 Å². The van der Waals surface area contributed by atoms with Crippen molar-refractivity contribution < 1.29 is 9.47 Å². The first-order valence-electron chi connectivity index (χ1n) is 7.90. The summed E-state index contributed by atoms with van der Waals surface area (Å²) >= 11 is 7.45. The highest BCUT2D eigenvalue weighted by molar-refractivity contribution is 7.17. The number of nitrogens with zero attached hydrogens (tertiary/aromatic N) is 2. The molecule has 3 rings (SSSR count). The number of rotatable bonds is 7. The van der Waals surface area contributed by atoms with Gasteiger partial charge in [0.05, 0.1) is 25.1 Å². The Balaban J connectivity index is 2.16. The van der Waals surface area contributed by atoms with Crippen molar-refractivity contribution in [3.63, 3.8) is 0 Å². The lowest BCUT2D eigenvalue weighted by Gasteiger charge is -2.12. The highest BCUT2D eigenvalue weighted by atomic mass is 35.5. The molecule has 0 amide bonds. The SMILES string of the molecule is COCCc1nc2scc(-c3ccc(Cl)cc3)c2c(=O)n1CCOC. The van der Waals surface area contributed by atoms with Crippen LogP contribution < -0.4 is 5.56 Å². The van der Waals surface area contributed by atoms with Gasteiger partial charge in [0.25, 0.3) is 5.56 Å². The summed E-state index contributed by atoms with van der Waals surface area (Å²) in [5, 5.41) is 3.29. The highest BCUT2D eigenvalue weighted by Crippen LogP contribution is 2.31. The summed E-state index contributed by atoms with van der Waals surface area (Å²) in [6.45, 7) is 1.43. The fourth-order valence-electron chi connectivity index (χ4n) is 2.71. The second-order valence-electron chi connectivity index (χ2n) is 5.56. The van der Waals surface area contributed by atoms with Crippen LogP contribution in [0, 0.1) is 0 Å². The average molecular weight is 379 g/mol. The fourth-order valence-corrected chi connectivity index (χ4v) is 3.79. The Hall–Kier alpha value is -1.73. The summed E-state index contributed by atoms with van der Waals surface area (Å²) < 4.78 is 12.0. The number of benzene rings is 1. The molecule has 7 heteroatoms. The van der Waals surface area contributed by atoms with Crippen LogP contribution in [0.15, 0.2) is 34.4 Å². The monoisotopic (exact) mass is 378 g/mol. The van der Waals surface area contributed by atoms with E-state index in [1.165, 1.54) is 11.3 Å². The van der Waals surface area contributed by atoms with Crippen LogP contribution in [0.1, 0.15) is 5.82 Å². The van der Waals surface area contributed by atoms with Gasteiger partial charge in [0, 0.05) is 36.6 Å². The normalized spacial score (nSPS) is 11.3. The molecule has 0 atom stereocenters. The molecule has 0 spiro atoms. The maximum atomic E-state index is 13.1. The third-order valence-electron chi connectivity index (χ3n) is 3.98. The molecule has 132 valence electrons. The molecule has 5 nitrogen and oxygen atoms in total. The van der Waals surface area contributed by atoms with Gasteiger partial charge in [-0.3, -0.25) is 9.36 Å². The van der Waals surface area contributed by atoms with Crippen LogP contribution in [0.4, 0.5) is 0 Å². The summed E-state index contributed by atoms with van der Waals surface area (Å²) in [5.41, 5.74) is 1.80. The van der Waals surface area contributed by atoms with Crippen LogP contribution in [-0.4, -0.2) is 37.0 Å². The Morgan fingerprint density at radius 1 is 1.16 bits per heavy atom. The van der Waals surface area contributed by atoms with Gasteiger partial charge >= 0.3 is 0 Å². The Morgan fingerprint density at radius 2 is 1.88 bits per heavy atom. The third-order valence-corrected chi connectivity index (χ3v) is 5.10. The molecule has 2 heterocycles. The molecule has 0 bridgehead atoms. The maximum absolute atomic E-state index is 13.1. The first-order chi connectivity index (χ1) is 12.2. The van der Waals surface area contributed by atoms with Gasteiger partial charge in [-0.25, -0.2) is 4.98 Å². The van der Waals surface area contributed by atoms with E-state index in [0.29, 0.717) is 36.6 Å². The van der Waals surface area contributed by atoms with Crippen molar-refractivity contribution >= 4 is 33.2 Å². The number of fused-ring (bicyclic) bond motifs is 1. The van der Waals surface area contributed by atoms with E-state index in [4.69, 9.17) is 26.1 Å². The molecule has 0 N–H and O–H groups in total. The van der Waals surface area contributed by atoms with Gasteiger partial charge in [0.1, 0.15) is 10.7 Å². The number of hydrogen-bond donors (Lipinski definition) is 0. The Bertz CT molecular complexity index is 918. The minimum Gasteiger partial charge on any atom is -0.384 e. The number of hydrogen-bond acceptors (Lipinski definition) is 5. The smallest absolute Gasteiger partial charge is 0.262 e. The van der Waals surface area contributed by atoms with E-state index in [2.05, 4.69) is 0 Å². The van der Waals surface area contributed by atoms with E-state index in [9.17, 15) is 4.79 Å². The van der Waals surface area contributed by atoms with Crippen molar-refractivity contribution in [2.75, 3.05) is 27.4 Å². The molecular formula is C18H19ClN2O3S. The molecule has 0 aliphatic rings. The van der Waals surface area contributed by atoms with Gasteiger partial charge in [-0.05, 0) is 17.7 Å². The molecule has 0 saturated carbocycles. The van der Waals surface area contributed by atoms with Crippen LogP contribution in [0.5, 0.6) is 0 Å². The zero-order valence-corrected chi connectivity index (χ0v) is 15.7. The van der Waals surface area contributed by atoms with Crippen molar-refractivity contribution in [3.05, 3.63) is 50.8 Å². The molecule has 25 heavy (non-hydrogen) atoms. The topological polar surface area (TPSA) is 53.3 Å². The predicted octanol–water partition coefficient (Wildman–Crippen LogP) is 3.61. The first kappa shape index (κ1) is 18.1. The van der Waals surface area contributed by atoms with Crippen molar-refractivity contribution in [1.29, 1.82) is 0 Å². The zero-order valence-electron chi connectivity index (χ0n) is 14.1. The Labute approximate surface area is 154 Å². The molecule has 1 aromatic carbocycles. The molecule has 0 aliphatic heterocycles. The van der Waals surface area contributed by atoms with Gasteiger partial charge < -0.3 is 9.47 Å². The van der Waals surface area contributed by atoms with Crippen molar-refractivity contribution in [2.45, 2.75) is 13.0 Å². The van der Waals surface area contributed by atoms with E-state index < -0.39 is 0 Å². The predicted molar refractivity (Wildman–Crippen MR) is 102 cm³/mol. The van der Waals surface area contributed by atoms with E-state index in [-0.39, 0.29) is 5.56 Å². The number of aromatic nitrogens is 2. The van der Waals surface area contributed by atoms with Crippen LogP contribution in [0.2, 0.25) is 5.02 Å². The van der Waals surface area contributed by atoms with E-state index in [1.54, 1.807) is 18.8 Å². The molecule has 0 radical (unpaired) electrons. The van der Waals surface area contributed by atoms with Gasteiger partial charge in [-0.2, -0.15) is 0 Å². The minimum atomic E-state index is -0.0423. The Morgan fingerprint density at radius 3 is 2.56 bits per heavy atom. The van der Waals surface area contributed by atoms with Crippen LogP contribution in [-0.2, 0) is 22.4 Å². The van der Waals surface area contributed by atoms with Crippen molar-refractivity contribution in [3.8, 4) is 11.1 Å². The molecular weight excluding hydrogens is 360 g/mol. The summed E-state index contributed by atoms with van der Waals surface area (Å²) in [5.74, 6) is 0.723. The summed E-state index contributed by atoms with van der Waals surface area (Å²) in [6, 6.07) is 7.48. The molecule has 2 aromatic heterocycles. The fraction of sp³-hybridized carbons (Fsp3) is 0.333. The third kappa shape index (κ3) is 3.77. The molecule has 3 aromatic rings. The number of thiophene rings is 1. The van der Waals surface area contributed by atoms with Crippen molar-refractivity contribution in [1.82, 2.24) is 9.55 Å². The van der Waals surface area contributed by atoms with Gasteiger partial charge in [0.2, 0.25) is 0 Å². The van der Waals surface area contributed by atoms with E-state index in [0.717, 1.165) is 21.8 Å². The second kappa shape index (κ2) is 8.10. The molecule has 0 unspecified atom stereocenters. The summed E-state index contributed by atoms with van der Waals surface area (Å²) in [4.78, 5) is 18.6. The lowest BCUT2D eigenvalue weighted by atomic mass is 10.1. The van der Waals surface area contributed by atoms with E-state index in [1.807, 2.05) is 29.6 Å². The van der Waals surface area contributed by atoms with Gasteiger partial charge in [-0.1, -0.05) is 23.7 Å². The molecule has 0 aliphatic carbocycles. The zero-order chi connectivity index (χ0) is 17.8. The quantitative estimate of drug-likeness (QED) is 0.630. The van der Waals surface area contributed by atoms with Gasteiger partial charge in [-0.15, -0.1) is 11.3 Å². The summed E-state index contributed by atoms with van der Waals surface area (Å²) in [7, 11) is 3.26. The molecule has 0 fully saturated rings. The molecule has 0 saturated heterocycles. The lowest BCUT2D eigenvalue weighted by molar-refractivity contribution is 0.180. The lowest BCUT2D eigenvalue weighted by Crippen LogP contribution is -2.27. The number of ether oxygens (including phenoxy) is 2. The second-order valence-corrected chi connectivity index (χ2v) is 6.85. The number of methoxy groups -OCH3 is 2. The van der Waals surface area contributed by atoms with Crippen LogP contribution >= 0.6 is 22.9 Å². The van der Waals surface area contributed by atoms with Crippen molar-refractivity contribution in [2.24, 2.45) is 0 Å². The van der Waals surface area contributed by atoms with Crippen LogP contribution in [0.25, 0.3) is 21.3 Å². The number of halogens is 1. The first-order valence-corrected chi connectivity index (χ1v) is 9.16. The average Bonchev–Trinajstić information content (AvgIpc) is 3.04. The van der Waals surface area contributed by atoms with E-state index >= 15 is 0 Å². The minimum absolute atomic E-state index is 0.0423. The van der Waals surface area contributed by atoms with Crippen LogP contribution in [0.3, 0.4) is 0 Å². The standard InChI is InChI=1S/C18H19ClN2O3S/c1-23-9-7-15-20-17-16(18(22)21(15)8-10-24-2)14(11-25-17)12-3-5-13(19)6-4-12/h3-6,11H,7-10H2,1-2H3. The largest absolute Gasteiger partial charge is 0.384 e. The maximum Gasteiger partial charge on any atom is 0.262 e.